The number of nitrogen functional groups attached to an aromatic ring is 1. The van der Waals surface area contributed by atoms with Crippen LogP contribution in [0.3, 0.4) is 0 Å². The van der Waals surface area contributed by atoms with Crippen molar-refractivity contribution in [2.45, 2.75) is 32.2 Å². The normalized spacial score (nSPS) is 11.8. The van der Waals surface area contributed by atoms with Crippen LogP contribution >= 0.6 is 0 Å². The van der Waals surface area contributed by atoms with Crippen LogP contribution < -0.4 is 10.5 Å². The average molecular weight is 313 g/mol. The molecule has 2 rings (SSSR count). The van der Waals surface area contributed by atoms with Crippen LogP contribution in [0.15, 0.2) is 21.6 Å². The van der Waals surface area contributed by atoms with Crippen molar-refractivity contribution < 1.29 is 17.2 Å². The Balaban J connectivity index is 2.34. The Morgan fingerprint density at radius 1 is 1.38 bits per heavy atom. The molecule has 1 aromatic heterocycles. The van der Waals surface area contributed by atoms with Gasteiger partial charge in [-0.3, -0.25) is 0 Å². The molecular formula is C13H16FN3O3S. The van der Waals surface area contributed by atoms with Crippen molar-refractivity contribution in [3.8, 4) is 0 Å². The number of nitrogens with two attached hydrogens (primary N) is 1. The first-order valence-corrected chi connectivity index (χ1v) is 7.67. The second-order valence-corrected chi connectivity index (χ2v) is 6.44. The molecule has 0 atom stereocenters. The number of halogens is 1. The van der Waals surface area contributed by atoms with Gasteiger partial charge in [0.2, 0.25) is 15.9 Å². The number of benzene rings is 1. The maximum absolute atomic E-state index is 13.5. The number of aromatic nitrogens is 1. The Hall–Kier alpha value is -1.93. The topological polar surface area (TPSA) is 98.2 Å². The molecule has 0 saturated carbocycles. The standard InChI is InChI=1S/C13H16FN3O3S/c1-7-4-10(14)12(15)9(3)13(7)21(18,19)17-6-11-16-5-8(2)20-11/h4-5,17H,6,15H2,1-3H3. The van der Waals surface area contributed by atoms with Crippen LogP contribution in [0.2, 0.25) is 0 Å². The molecule has 3 N–H and O–H groups in total. The van der Waals surface area contributed by atoms with Crippen molar-refractivity contribution in [1.29, 1.82) is 0 Å². The van der Waals surface area contributed by atoms with Crippen LogP contribution in [0.4, 0.5) is 10.1 Å². The van der Waals surface area contributed by atoms with Crippen molar-refractivity contribution >= 4 is 15.7 Å². The fourth-order valence-electron chi connectivity index (χ4n) is 2.06. The number of rotatable bonds is 4. The van der Waals surface area contributed by atoms with Gasteiger partial charge in [-0.2, -0.15) is 0 Å². The molecule has 0 fully saturated rings. The summed E-state index contributed by atoms with van der Waals surface area (Å²) in [7, 11) is -3.85. The molecule has 0 unspecified atom stereocenters. The lowest BCUT2D eigenvalue weighted by atomic mass is 10.1. The van der Waals surface area contributed by atoms with E-state index in [1.54, 1.807) is 6.92 Å². The number of hydrogen-bond donors (Lipinski definition) is 2. The summed E-state index contributed by atoms with van der Waals surface area (Å²) in [6, 6.07) is 1.10. The molecular weight excluding hydrogens is 297 g/mol. The Morgan fingerprint density at radius 3 is 2.62 bits per heavy atom. The van der Waals surface area contributed by atoms with E-state index in [-0.39, 0.29) is 34.1 Å². The van der Waals surface area contributed by atoms with E-state index in [0.717, 1.165) is 6.07 Å². The molecule has 0 amide bonds. The van der Waals surface area contributed by atoms with Crippen molar-refractivity contribution in [2.24, 2.45) is 0 Å². The Kier molecular flexibility index (Phi) is 4.02. The summed E-state index contributed by atoms with van der Waals surface area (Å²) in [5, 5.41) is 0. The van der Waals surface area contributed by atoms with E-state index in [1.165, 1.54) is 20.0 Å². The minimum absolute atomic E-state index is 0.0234. The van der Waals surface area contributed by atoms with Gasteiger partial charge in [0.05, 0.1) is 23.3 Å². The Bertz CT molecular complexity index is 784. The van der Waals surface area contributed by atoms with Gasteiger partial charge >= 0.3 is 0 Å². The molecule has 0 bridgehead atoms. The number of nitrogens with zero attached hydrogens (tertiary/aromatic N) is 1. The highest BCUT2D eigenvalue weighted by Crippen LogP contribution is 2.27. The molecule has 114 valence electrons. The smallest absolute Gasteiger partial charge is 0.241 e. The second kappa shape index (κ2) is 5.45. The number of hydrogen-bond acceptors (Lipinski definition) is 5. The summed E-state index contributed by atoms with van der Waals surface area (Å²) >= 11 is 0. The molecule has 0 saturated heterocycles. The largest absolute Gasteiger partial charge is 0.445 e. The molecule has 1 aromatic carbocycles. The van der Waals surface area contributed by atoms with Crippen molar-refractivity contribution in [3.05, 3.63) is 40.9 Å². The molecule has 1 heterocycles. The first-order valence-electron chi connectivity index (χ1n) is 6.18. The van der Waals surface area contributed by atoms with Crippen molar-refractivity contribution in [2.75, 3.05) is 5.73 Å². The molecule has 2 aromatic rings. The molecule has 6 nitrogen and oxygen atoms in total. The average Bonchev–Trinajstić information content (AvgIpc) is 2.79. The summed E-state index contributed by atoms with van der Waals surface area (Å²) < 4.78 is 45.8. The van der Waals surface area contributed by atoms with E-state index in [9.17, 15) is 12.8 Å². The molecule has 0 aliphatic carbocycles. The Labute approximate surface area is 122 Å². The zero-order valence-electron chi connectivity index (χ0n) is 11.9. The van der Waals surface area contributed by atoms with Gasteiger partial charge in [-0.05, 0) is 38.0 Å². The third-order valence-corrected chi connectivity index (χ3v) is 4.74. The first kappa shape index (κ1) is 15.5. The quantitative estimate of drug-likeness (QED) is 0.839. The van der Waals surface area contributed by atoms with Gasteiger partial charge in [0.1, 0.15) is 11.6 Å². The fourth-order valence-corrected chi connectivity index (χ4v) is 3.51. The lowest BCUT2D eigenvalue weighted by molar-refractivity contribution is 0.463. The highest BCUT2D eigenvalue weighted by Gasteiger charge is 2.23. The van der Waals surface area contributed by atoms with Gasteiger partial charge in [0.25, 0.3) is 0 Å². The second-order valence-electron chi connectivity index (χ2n) is 4.73. The highest BCUT2D eigenvalue weighted by atomic mass is 32.2. The number of nitrogens with one attached hydrogen (secondary N) is 1. The summed E-state index contributed by atoms with van der Waals surface area (Å²) in [6.45, 7) is 4.60. The molecule has 0 spiro atoms. The summed E-state index contributed by atoms with van der Waals surface area (Å²) in [5.74, 6) is 0.205. The summed E-state index contributed by atoms with van der Waals surface area (Å²) in [5.41, 5.74) is 5.86. The van der Waals surface area contributed by atoms with Gasteiger partial charge in [-0.15, -0.1) is 0 Å². The molecule has 0 aliphatic heterocycles. The lowest BCUT2D eigenvalue weighted by Gasteiger charge is -2.13. The van der Waals surface area contributed by atoms with Gasteiger partial charge < -0.3 is 10.2 Å². The van der Waals surface area contributed by atoms with Gasteiger partial charge in [-0.25, -0.2) is 22.5 Å². The molecule has 0 aliphatic rings. The zero-order chi connectivity index (χ0) is 15.8. The van der Waals surface area contributed by atoms with E-state index >= 15 is 0 Å². The number of aryl methyl sites for hydroxylation is 2. The zero-order valence-corrected chi connectivity index (χ0v) is 12.7. The number of oxazole rings is 1. The molecule has 21 heavy (non-hydrogen) atoms. The predicted molar refractivity (Wildman–Crippen MR) is 75.6 cm³/mol. The van der Waals surface area contributed by atoms with Crippen molar-refractivity contribution in [1.82, 2.24) is 9.71 Å². The number of anilines is 1. The maximum atomic E-state index is 13.5. The minimum atomic E-state index is -3.85. The van der Waals surface area contributed by atoms with Gasteiger partial charge in [0, 0.05) is 0 Å². The third kappa shape index (κ3) is 3.06. The monoisotopic (exact) mass is 313 g/mol. The fraction of sp³-hybridized carbons (Fsp3) is 0.308. The molecule has 8 heteroatoms. The van der Waals surface area contributed by atoms with E-state index in [0.29, 0.717) is 5.76 Å². The summed E-state index contributed by atoms with van der Waals surface area (Å²) in [6.07, 6.45) is 1.50. The van der Waals surface area contributed by atoms with Crippen LogP contribution in [-0.2, 0) is 16.6 Å². The van der Waals surface area contributed by atoms with E-state index in [2.05, 4.69) is 9.71 Å². The third-order valence-electron chi connectivity index (χ3n) is 3.05. The van der Waals surface area contributed by atoms with E-state index in [4.69, 9.17) is 10.2 Å². The van der Waals surface area contributed by atoms with Crippen LogP contribution in [-0.4, -0.2) is 13.4 Å². The summed E-state index contributed by atoms with van der Waals surface area (Å²) in [4.78, 5) is 3.89. The van der Waals surface area contributed by atoms with Gasteiger partial charge in [0.15, 0.2) is 0 Å². The van der Waals surface area contributed by atoms with Crippen molar-refractivity contribution in [3.63, 3.8) is 0 Å². The molecule has 0 radical (unpaired) electrons. The van der Waals surface area contributed by atoms with Crippen LogP contribution in [0.25, 0.3) is 0 Å². The van der Waals surface area contributed by atoms with Crippen LogP contribution in [0, 0.1) is 26.6 Å². The SMILES string of the molecule is Cc1cnc(CNS(=O)(=O)c2c(C)cc(F)c(N)c2C)o1. The maximum Gasteiger partial charge on any atom is 0.241 e. The van der Waals surface area contributed by atoms with E-state index in [1.807, 2.05) is 0 Å². The highest BCUT2D eigenvalue weighted by molar-refractivity contribution is 7.89. The number of sulfonamides is 1. The van der Waals surface area contributed by atoms with Crippen LogP contribution in [0.5, 0.6) is 0 Å². The van der Waals surface area contributed by atoms with E-state index < -0.39 is 15.8 Å². The van der Waals surface area contributed by atoms with Crippen LogP contribution in [0.1, 0.15) is 22.8 Å². The predicted octanol–water partition coefficient (Wildman–Crippen LogP) is 1.80. The minimum Gasteiger partial charge on any atom is -0.445 e. The Morgan fingerprint density at radius 2 is 2.05 bits per heavy atom. The van der Waals surface area contributed by atoms with Gasteiger partial charge in [-0.1, -0.05) is 0 Å². The first-order chi connectivity index (χ1) is 9.72. The lowest BCUT2D eigenvalue weighted by Crippen LogP contribution is -2.25.